The Morgan fingerprint density at radius 3 is 2.75 bits per heavy atom. The Balaban J connectivity index is 2.55. The van der Waals surface area contributed by atoms with Gasteiger partial charge in [0.1, 0.15) is 0 Å². The molecule has 6 heteroatoms. The Kier molecular flexibility index (Phi) is 8.37. The van der Waals surface area contributed by atoms with Gasteiger partial charge >= 0.3 is 6.61 Å². The molecule has 0 aliphatic heterocycles. The second-order valence-corrected chi connectivity index (χ2v) is 5.19. The van der Waals surface area contributed by atoms with E-state index in [4.69, 9.17) is 4.74 Å². The summed E-state index contributed by atoms with van der Waals surface area (Å²) in [7, 11) is 1.44. The summed E-state index contributed by atoms with van der Waals surface area (Å²) in [5.74, 6) is 1.58. The van der Waals surface area contributed by atoms with Crippen molar-refractivity contribution < 1.29 is 18.3 Å². The van der Waals surface area contributed by atoms with Crippen LogP contribution in [-0.2, 0) is 6.54 Å². The number of hydrogen-bond donors (Lipinski definition) is 1. The van der Waals surface area contributed by atoms with Crippen LogP contribution in [0.25, 0.3) is 0 Å². The van der Waals surface area contributed by atoms with Crippen LogP contribution in [0.4, 0.5) is 8.78 Å². The lowest BCUT2D eigenvalue weighted by Crippen LogP contribution is -2.16. The molecule has 0 saturated carbocycles. The number of halogens is 2. The molecule has 1 N–H and O–H groups in total. The van der Waals surface area contributed by atoms with Crippen molar-refractivity contribution in [1.29, 1.82) is 0 Å². The molecule has 0 aromatic heterocycles. The van der Waals surface area contributed by atoms with E-state index in [1.807, 2.05) is 11.8 Å². The van der Waals surface area contributed by atoms with Crippen molar-refractivity contribution in [2.24, 2.45) is 0 Å². The van der Waals surface area contributed by atoms with Gasteiger partial charge in [-0.2, -0.15) is 20.5 Å². The van der Waals surface area contributed by atoms with Crippen molar-refractivity contribution in [3.63, 3.8) is 0 Å². The minimum absolute atomic E-state index is 0.113. The van der Waals surface area contributed by atoms with E-state index in [0.717, 1.165) is 25.1 Å². The maximum Gasteiger partial charge on any atom is 0.387 e. The van der Waals surface area contributed by atoms with Gasteiger partial charge in [-0.1, -0.05) is 12.1 Å². The van der Waals surface area contributed by atoms with E-state index in [9.17, 15) is 8.78 Å². The molecule has 0 heterocycles. The fraction of sp³-hybridized carbons (Fsp3) is 0.571. The Bertz CT molecular complexity index is 391. The van der Waals surface area contributed by atoms with Crippen LogP contribution in [0.15, 0.2) is 18.2 Å². The molecule has 0 unspecified atom stereocenters. The van der Waals surface area contributed by atoms with Crippen molar-refractivity contribution in [2.45, 2.75) is 26.0 Å². The van der Waals surface area contributed by atoms with Crippen molar-refractivity contribution >= 4 is 11.8 Å². The number of unbranched alkanes of at least 4 members (excludes halogenated alkanes) is 1. The standard InChI is InChI=1S/C14H21F2NO2S/c1-18-12-7-5-6-11(13(12)19-14(15)16)10-17-8-3-4-9-20-2/h5-7,14,17H,3-4,8-10H2,1-2H3. The number of para-hydroxylation sites is 1. The highest BCUT2D eigenvalue weighted by molar-refractivity contribution is 7.98. The van der Waals surface area contributed by atoms with Gasteiger partial charge in [0.05, 0.1) is 7.11 Å². The lowest BCUT2D eigenvalue weighted by molar-refractivity contribution is -0.0518. The van der Waals surface area contributed by atoms with E-state index >= 15 is 0 Å². The van der Waals surface area contributed by atoms with Crippen molar-refractivity contribution in [2.75, 3.05) is 25.7 Å². The molecular formula is C14H21F2NO2S. The van der Waals surface area contributed by atoms with Crippen molar-refractivity contribution in [3.8, 4) is 11.5 Å². The molecule has 3 nitrogen and oxygen atoms in total. The molecule has 20 heavy (non-hydrogen) atoms. The summed E-state index contributed by atoms with van der Waals surface area (Å²) in [6, 6.07) is 5.14. The lowest BCUT2D eigenvalue weighted by atomic mass is 10.2. The summed E-state index contributed by atoms with van der Waals surface area (Å²) >= 11 is 1.82. The minimum Gasteiger partial charge on any atom is -0.493 e. The molecule has 1 aromatic rings. The average Bonchev–Trinajstić information content (AvgIpc) is 2.43. The molecule has 0 aliphatic carbocycles. The van der Waals surface area contributed by atoms with Gasteiger partial charge in [0.25, 0.3) is 0 Å². The largest absolute Gasteiger partial charge is 0.493 e. The van der Waals surface area contributed by atoms with Crippen LogP contribution in [0.2, 0.25) is 0 Å². The number of benzene rings is 1. The van der Waals surface area contributed by atoms with E-state index in [0.29, 0.717) is 17.9 Å². The zero-order chi connectivity index (χ0) is 14.8. The molecular weight excluding hydrogens is 284 g/mol. The maximum absolute atomic E-state index is 12.4. The highest BCUT2D eigenvalue weighted by Crippen LogP contribution is 2.32. The predicted octanol–water partition coefficient (Wildman–Crippen LogP) is 3.53. The number of nitrogens with one attached hydrogen (secondary N) is 1. The van der Waals surface area contributed by atoms with Crippen molar-refractivity contribution in [1.82, 2.24) is 5.32 Å². The third-order valence-corrected chi connectivity index (χ3v) is 3.45. The number of hydrogen-bond acceptors (Lipinski definition) is 4. The fourth-order valence-electron chi connectivity index (χ4n) is 1.80. The Morgan fingerprint density at radius 1 is 1.30 bits per heavy atom. The average molecular weight is 305 g/mol. The topological polar surface area (TPSA) is 30.5 Å². The molecule has 0 bridgehead atoms. The summed E-state index contributed by atoms with van der Waals surface area (Å²) in [5, 5.41) is 3.24. The highest BCUT2D eigenvalue weighted by atomic mass is 32.2. The zero-order valence-corrected chi connectivity index (χ0v) is 12.6. The summed E-state index contributed by atoms with van der Waals surface area (Å²) in [4.78, 5) is 0. The summed E-state index contributed by atoms with van der Waals surface area (Å²) < 4.78 is 34.5. The number of ether oxygens (including phenoxy) is 2. The highest BCUT2D eigenvalue weighted by Gasteiger charge is 2.14. The lowest BCUT2D eigenvalue weighted by Gasteiger charge is -2.14. The van der Waals surface area contributed by atoms with Crippen LogP contribution in [0.1, 0.15) is 18.4 Å². The van der Waals surface area contributed by atoms with Gasteiger partial charge in [0, 0.05) is 12.1 Å². The Morgan fingerprint density at radius 2 is 2.10 bits per heavy atom. The van der Waals surface area contributed by atoms with Gasteiger partial charge < -0.3 is 14.8 Å². The van der Waals surface area contributed by atoms with E-state index in [2.05, 4.69) is 16.3 Å². The first-order chi connectivity index (χ1) is 9.69. The first-order valence-corrected chi connectivity index (χ1v) is 7.88. The summed E-state index contributed by atoms with van der Waals surface area (Å²) in [5.41, 5.74) is 0.675. The Hall–Kier alpha value is -1.01. The van der Waals surface area contributed by atoms with Crippen LogP contribution in [0.5, 0.6) is 11.5 Å². The first kappa shape index (κ1) is 17.0. The normalized spacial score (nSPS) is 10.8. The number of alkyl halides is 2. The van der Waals surface area contributed by atoms with E-state index < -0.39 is 6.61 Å². The predicted molar refractivity (Wildman–Crippen MR) is 78.9 cm³/mol. The van der Waals surface area contributed by atoms with E-state index in [1.54, 1.807) is 18.2 Å². The number of thioether (sulfide) groups is 1. The zero-order valence-electron chi connectivity index (χ0n) is 11.8. The monoisotopic (exact) mass is 305 g/mol. The molecule has 0 atom stereocenters. The van der Waals surface area contributed by atoms with Crippen molar-refractivity contribution in [3.05, 3.63) is 23.8 Å². The molecule has 1 rings (SSSR count). The molecule has 0 radical (unpaired) electrons. The minimum atomic E-state index is -2.85. The SMILES string of the molecule is COc1cccc(CNCCCCSC)c1OC(F)F. The Labute approximate surface area is 123 Å². The van der Waals surface area contributed by atoms with Gasteiger partial charge in [0.15, 0.2) is 11.5 Å². The molecule has 0 fully saturated rings. The van der Waals surface area contributed by atoms with Crippen LogP contribution in [-0.4, -0.2) is 32.3 Å². The van der Waals surface area contributed by atoms with Gasteiger partial charge in [0.2, 0.25) is 0 Å². The second kappa shape index (κ2) is 9.83. The van der Waals surface area contributed by atoms with Gasteiger partial charge in [-0.25, -0.2) is 0 Å². The first-order valence-electron chi connectivity index (χ1n) is 6.49. The maximum atomic E-state index is 12.4. The van der Waals surface area contributed by atoms with E-state index in [-0.39, 0.29) is 5.75 Å². The summed E-state index contributed by atoms with van der Waals surface area (Å²) in [6.07, 6.45) is 4.29. The van der Waals surface area contributed by atoms with Gasteiger partial charge in [-0.15, -0.1) is 0 Å². The smallest absolute Gasteiger partial charge is 0.387 e. The molecule has 1 aromatic carbocycles. The molecule has 0 spiro atoms. The molecule has 0 saturated heterocycles. The summed E-state index contributed by atoms with van der Waals surface area (Å²) in [6.45, 7) is -1.52. The quantitative estimate of drug-likeness (QED) is 0.670. The third kappa shape index (κ3) is 5.96. The molecule has 114 valence electrons. The van der Waals surface area contributed by atoms with Crippen LogP contribution < -0.4 is 14.8 Å². The van der Waals surface area contributed by atoms with Crippen LogP contribution in [0, 0.1) is 0 Å². The number of rotatable bonds is 10. The third-order valence-electron chi connectivity index (χ3n) is 2.75. The molecule has 0 aliphatic rings. The van der Waals surface area contributed by atoms with Crippen LogP contribution in [0.3, 0.4) is 0 Å². The van der Waals surface area contributed by atoms with Gasteiger partial charge in [-0.05, 0) is 37.5 Å². The number of methoxy groups -OCH3 is 1. The second-order valence-electron chi connectivity index (χ2n) is 4.20. The van der Waals surface area contributed by atoms with Gasteiger partial charge in [-0.3, -0.25) is 0 Å². The van der Waals surface area contributed by atoms with E-state index in [1.165, 1.54) is 7.11 Å². The molecule has 0 amide bonds. The fourth-order valence-corrected chi connectivity index (χ4v) is 2.30. The van der Waals surface area contributed by atoms with Crippen LogP contribution >= 0.6 is 11.8 Å².